The molecular formula is C19H27N3O3S2. The Morgan fingerprint density at radius 2 is 1.81 bits per heavy atom. The van der Waals surface area contributed by atoms with E-state index < -0.39 is 10.0 Å². The van der Waals surface area contributed by atoms with Crippen LogP contribution in [0.1, 0.15) is 58.2 Å². The molecule has 0 aliphatic carbocycles. The number of anilines is 1. The van der Waals surface area contributed by atoms with Crippen LogP contribution in [0.2, 0.25) is 0 Å². The summed E-state index contributed by atoms with van der Waals surface area (Å²) in [6.45, 7) is 10.3. The Bertz CT molecular complexity index is 880. The molecule has 1 amide bonds. The molecule has 0 aliphatic rings. The average Bonchev–Trinajstić information content (AvgIpc) is 3.03. The van der Waals surface area contributed by atoms with Gasteiger partial charge in [-0.25, -0.2) is 18.1 Å². The van der Waals surface area contributed by atoms with Crippen LogP contribution in [0.3, 0.4) is 0 Å². The number of nitrogens with zero attached hydrogens (tertiary/aromatic N) is 1. The van der Waals surface area contributed by atoms with Crippen LogP contribution in [0.4, 0.5) is 5.13 Å². The van der Waals surface area contributed by atoms with E-state index in [2.05, 4.69) is 35.8 Å². The van der Waals surface area contributed by atoms with Crippen molar-refractivity contribution in [1.82, 2.24) is 9.71 Å². The summed E-state index contributed by atoms with van der Waals surface area (Å²) in [5.74, 6) is 0.0609. The highest BCUT2D eigenvalue weighted by Crippen LogP contribution is 2.26. The van der Waals surface area contributed by atoms with Crippen LogP contribution in [0.25, 0.3) is 0 Å². The SMILES string of the molecule is CC(C)c1ccc(S(=O)(=O)NCCC(=O)Nc2nc(C(C)(C)C)cs2)cc1. The fourth-order valence-corrected chi connectivity index (χ4v) is 4.26. The van der Waals surface area contributed by atoms with Crippen molar-refractivity contribution in [2.24, 2.45) is 0 Å². The lowest BCUT2D eigenvalue weighted by Gasteiger charge is -2.14. The summed E-state index contributed by atoms with van der Waals surface area (Å²) in [7, 11) is -3.63. The van der Waals surface area contributed by atoms with Crippen LogP contribution in [0.5, 0.6) is 0 Å². The van der Waals surface area contributed by atoms with Crippen LogP contribution >= 0.6 is 11.3 Å². The lowest BCUT2D eigenvalue weighted by molar-refractivity contribution is -0.116. The maximum absolute atomic E-state index is 12.3. The Hall–Kier alpha value is -1.77. The molecule has 0 unspecified atom stereocenters. The second kappa shape index (κ2) is 8.50. The molecule has 0 atom stereocenters. The molecule has 6 nitrogen and oxygen atoms in total. The number of carbonyl (C=O) groups is 1. The quantitative estimate of drug-likeness (QED) is 0.726. The minimum atomic E-state index is -3.63. The molecule has 0 fully saturated rings. The smallest absolute Gasteiger partial charge is 0.240 e. The van der Waals surface area contributed by atoms with E-state index in [1.54, 1.807) is 24.3 Å². The van der Waals surface area contributed by atoms with E-state index in [0.717, 1.165) is 11.3 Å². The van der Waals surface area contributed by atoms with Crippen molar-refractivity contribution >= 4 is 32.4 Å². The van der Waals surface area contributed by atoms with Gasteiger partial charge in [0.15, 0.2) is 5.13 Å². The lowest BCUT2D eigenvalue weighted by Crippen LogP contribution is -2.27. The zero-order chi connectivity index (χ0) is 20.2. The molecule has 0 aliphatic heterocycles. The second-order valence-corrected chi connectivity index (χ2v) is 10.3. The maximum atomic E-state index is 12.3. The first kappa shape index (κ1) is 21.5. The van der Waals surface area contributed by atoms with Crippen molar-refractivity contribution in [2.45, 2.75) is 57.3 Å². The van der Waals surface area contributed by atoms with E-state index in [0.29, 0.717) is 11.0 Å². The van der Waals surface area contributed by atoms with Crippen molar-refractivity contribution in [3.05, 3.63) is 40.9 Å². The average molecular weight is 410 g/mol. The first-order chi connectivity index (χ1) is 12.5. The van der Waals surface area contributed by atoms with E-state index in [9.17, 15) is 13.2 Å². The Kier molecular flexibility index (Phi) is 6.77. The molecule has 1 heterocycles. The van der Waals surface area contributed by atoms with Gasteiger partial charge in [-0.3, -0.25) is 4.79 Å². The summed E-state index contributed by atoms with van der Waals surface area (Å²) in [4.78, 5) is 16.6. The largest absolute Gasteiger partial charge is 0.302 e. The van der Waals surface area contributed by atoms with Crippen LogP contribution < -0.4 is 10.0 Å². The molecule has 2 aromatic rings. The number of benzene rings is 1. The van der Waals surface area contributed by atoms with Gasteiger partial charge in [-0.15, -0.1) is 11.3 Å². The summed E-state index contributed by atoms with van der Waals surface area (Å²) in [5.41, 5.74) is 1.90. The number of thiazole rings is 1. The summed E-state index contributed by atoms with van der Waals surface area (Å²) < 4.78 is 27.1. The number of amides is 1. The Morgan fingerprint density at radius 3 is 2.33 bits per heavy atom. The molecule has 148 valence electrons. The van der Waals surface area contributed by atoms with Gasteiger partial charge in [0.2, 0.25) is 15.9 Å². The van der Waals surface area contributed by atoms with Gasteiger partial charge >= 0.3 is 0 Å². The van der Waals surface area contributed by atoms with Gasteiger partial charge in [0.1, 0.15) is 0 Å². The van der Waals surface area contributed by atoms with E-state index in [4.69, 9.17) is 0 Å². The number of carbonyl (C=O) groups excluding carboxylic acids is 1. The molecular weight excluding hydrogens is 382 g/mol. The fourth-order valence-electron chi connectivity index (χ4n) is 2.27. The monoisotopic (exact) mass is 409 g/mol. The third kappa shape index (κ3) is 6.12. The highest BCUT2D eigenvalue weighted by Gasteiger charge is 2.18. The van der Waals surface area contributed by atoms with Crippen molar-refractivity contribution in [2.75, 3.05) is 11.9 Å². The van der Waals surface area contributed by atoms with Gasteiger partial charge in [0.05, 0.1) is 10.6 Å². The van der Waals surface area contributed by atoms with Crippen molar-refractivity contribution in [1.29, 1.82) is 0 Å². The number of nitrogens with one attached hydrogen (secondary N) is 2. The summed E-state index contributed by atoms with van der Waals surface area (Å²) in [5, 5.41) is 5.15. The number of hydrogen-bond acceptors (Lipinski definition) is 5. The molecule has 27 heavy (non-hydrogen) atoms. The predicted molar refractivity (Wildman–Crippen MR) is 110 cm³/mol. The summed E-state index contributed by atoms with van der Waals surface area (Å²) in [6.07, 6.45) is 0.0355. The van der Waals surface area contributed by atoms with E-state index in [-0.39, 0.29) is 29.2 Å². The van der Waals surface area contributed by atoms with E-state index in [1.807, 2.05) is 19.2 Å². The zero-order valence-electron chi connectivity index (χ0n) is 16.4. The van der Waals surface area contributed by atoms with E-state index >= 15 is 0 Å². The van der Waals surface area contributed by atoms with Gasteiger partial charge in [-0.05, 0) is 23.6 Å². The second-order valence-electron chi connectivity index (χ2n) is 7.71. The van der Waals surface area contributed by atoms with Crippen molar-refractivity contribution < 1.29 is 13.2 Å². The molecule has 0 saturated carbocycles. The lowest BCUT2D eigenvalue weighted by atomic mass is 9.93. The van der Waals surface area contributed by atoms with Crippen molar-refractivity contribution in [3.8, 4) is 0 Å². The van der Waals surface area contributed by atoms with Crippen LogP contribution in [-0.4, -0.2) is 25.9 Å². The first-order valence-corrected chi connectivity index (χ1v) is 11.2. The summed E-state index contributed by atoms with van der Waals surface area (Å²) >= 11 is 1.36. The van der Waals surface area contributed by atoms with Gasteiger partial charge in [0.25, 0.3) is 0 Å². The van der Waals surface area contributed by atoms with Gasteiger partial charge in [-0.2, -0.15) is 0 Å². The van der Waals surface area contributed by atoms with Crippen LogP contribution in [-0.2, 0) is 20.2 Å². The third-order valence-corrected chi connectivity index (χ3v) is 6.25. The molecule has 0 saturated heterocycles. The first-order valence-electron chi connectivity index (χ1n) is 8.84. The highest BCUT2D eigenvalue weighted by molar-refractivity contribution is 7.89. The van der Waals surface area contributed by atoms with Crippen molar-refractivity contribution in [3.63, 3.8) is 0 Å². The number of hydrogen-bond donors (Lipinski definition) is 2. The van der Waals surface area contributed by atoms with Crippen LogP contribution in [0, 0.1) is 0 Å². The zero-order valence-corrected chi connectivity index (χ0v) is 18.0. The normalized spacial score (nSPS) is 12.4. The molecule has 0 radical (unpaired) electrons. The number of aromatic nitrogens is 1. The topological polar surface area (TPSA) is 88.2 Å². The fraction of sp³-hybridized carbons (Fsp3) is 0.474. The molecule has 0 spiro atoms. The minimum absolute atomic E-state index is 0.0254. The standard InChI is InChI=1S/C19H27N3O3S2/c1-13(2)14-6-8-15(9-7-14)27(24,25)20-11-10-17(23)22-18-21-16(12-26-18)19(3,4)5/h6-9,12-13,20H,10-11H2,1-5H3,(H,21,22,23). The molecule has 8 heteroatoms. The third-order valence-electron chi connectivity index (χ3n) is 4.02. The summed E-state index contributed by atoms with van der Waals surface area (Å²) in [6, 6.07) is 6.78. The van der Waals surface area contributed by atoms with Gasteiger partial charge < -0.3 is 5.32 Å². The molecule has 0 bridgehead atoms. The number of rotatable bonds is 7. The predicted octanol–water partition coefficient (Wildman–Crippen LogP) is 3.87. The molecule has 1 aromatic heterocycles. The Labute approximate surface area is 165 Å². The maximum Gasteiger partial charge on any atom is 0.240 e. The molecule has 2 rings (SSSR count). The van der Waals surface area contributed by atoms with E-state index in [1.165, 1.54) is 11.3 Å². The van der Waals surface area contributed by atoms with Gasteiger partial charge in [0, 0.05) is 23.8 Å². The Balaban J connectivity index is 1.87. The highest BCUT2D eigenvalue weighted by atomic mass is 32.2. The minimum Gasteiger partial charge on any atom is -0.302 e. The van der Waals surface area contributed by atoms with Crippen LogP contribution in [0.15, 0.2) is 34.5 Å². The van der Waals surface area contributed by atoms with Gasteiger partial charge in [-0.1, -0.05) is 46.8 Å². The number of sulfonamides is 1. The molecule has 2 N–H and O–H groups in total. The molecule has 1 aromatic carbocycles. The Morgan fingerprint density at radius 1 is 1.19 bits per heavy atom.